The van der Waals surface area contributed by atoms with Gasteiger partial charge >= 0.3 is 11.9 Å². The maximum atomic E-state index is 13.1. The summed E-state index contributed by atoms with van der Waals surface area (Å²) < 4.78 is 54.8. The lowest BCUT2D eigenvalue weighted by molar-refractivity contribution is -0.140. The van der Waals surface area contributed by atoms with E-state index in [2.05, 4.69) is 26.8 Å². The van der Waals surface area contributed by atoms with Crippen molar-refractivity contribution in [3.05, 3.63) is 34.9 Å². The maximum absolute atomic E-state index is 13.1. The van der Waals surface area contributed by atoms with Crippen LogP contribution in [-0.4, -0.2) is 119 Å². The summed E-state index contributed by atoms with van der Waals surface area (Å²) in [7, 11) is 3.25. The lowest BCUT2D eigenvalue weighted by atomic mass is 9.75. The summed E-state index contributed by atoms with van der Waals surface area (Å²) in [5, 5.41) is 0. The number of hydrogen-bond donors (Lipinski definition) is 0. The fourth-order valence-corrected chi connectivity index (χ4v) is 5.55. The normalized spacial score (nSPS) is 16.0. The van der Waals surface area contributed by atoms with Crippen molar-refractivity contribution in [3.63, 3.8) is 0 Å². The number of ether oxygens (including phenoxy) is 10. The molecule has 0 fully saturated rings. The summed E-state index contributed by atoms with van der Waals surface area (Å²) in [4.78, 5) is 26.3. The van der Waals surface area contributed by atoms with E-state index in [1.807, 2.05) is 12.1 Å². The Morgan fingerprint density at radius 1 is 0.660 bits per heavy atom. The summed E-state index contributed by atoms with van der Waals surface area (Å²) >= 11 is 0. The average Bonchev–Trinajstić information content (AvgIpc) is 3.10. The minimum Gasteiger partial charge on any atom is -0.424 e. The molecule has 1 aromatic carbocycles. The molecule has 2 rings (SSSR count). The molecule has 0 radical (unpaired) electrons. The van der Waals surface area contributed by atoms with Gasteiger partial charge in [-0.2, -0.15) is 0 Å². The first-order chi connectivity index (χ1) is 24.4. The maximum Gasteiger partial charge on any atom is 0.337 e. The molecule has 1 aromatic rings. The average molecular weight is 711 g/mol. The third-order valence-electron chi connectivity index (χ3n) is 8.21. The van der Waals surface area contributed by atoms with Gasteiger partial charge in [-0.3, -0.25) is 0 Å². The fourth-order valence-electron chi connectivity index (χ4n) is 5.55. The van der Waals surface area contributed by atoms with Gasteiger partial charge in [0.2, 0.25) is 0 Å². The monoisotopic (exact) mass is 710 g/mol. The van der Waals surface area contributed by atoms with Gasteiger partial charge in [-0.25, -0.2) is 9.59 Å². The van der Waals surface area contributed by atoms with Crippen molar-refractivity contribution in [2.75, 3.05) is 107 Å². The van der Waals surface area contributed by atoms with Gasteiger partial charge in [-0.15, -0.1) is 0 Å². The molecule has 0 aromatic heterocycles. The van der Waals surface area contributed by atoms with Crippen LogP contribution in [0.5, 0.6) is 11.5 Å². The molecular weight excluding hydrogens is 648 g/mol. The molecule has 0 heterocycles. The highest BCUT2D eigenvalue weighted by Crippen LogP contribution is 2.46. The van der Waals surface area contributed by atoms with Crippen molar-refractivity contribution < 1.29 is 57.0 Å². The Bertz CT molecular complexity index is 1030. The molecule has 0 amide bonds. The van der Waals surface area contributed by atoms with Crippen LogP contribution in [-0.2, 0) is 53.9 Å². The van der Waals surface area contributed by atoms with Gasteiger partial charge in [0, 0.05) is 25.7 Å². The van der Waals surface area contributed by atoms with Gasteiger partial charge < -0.3 is 47.4 Å². The molecular formula is C38H62O12. The fraction of sp³-hybridized carbons (Fsp3) is 0.737. The third kappa shape index (κ3) is 18.7. The van der Waals surface area contributed by atoms with E-state index >= 15 is 0 Å². The number of hydrogen-bond acceptors (Lipinski definition) is 12. The van der Waals surface area contributed by atoms with E-state index in [0.717, 1.165) is 50.5 Å². The molecule has 0 spiro atoms. The molecule has 50 heavy (non-hydrogen) atoms. The molecule has 1 aliphatic carbocycles. The van der Waals surface area contributed by atoms with Crippen LogP contribution in [0.15, 0.2) is 23.8 Å². The van der Waals surface area contributed by atoms with Crippen LogP contribution in [0.4, 0.5) is 0 Å². The number of rotatable bonds is 30. The second-order valence-electron chi connectivity index (χ2n) is 12.2. The van der Waals surface area contributed by atoms with Crippen molar-refractivity contribution in [3.8, 4) is 11.5 Å². The van der Waals surface area contributed by atoms with Crippen LogP contribution < -0.4 is 9.47 Å². The lowest BCUT2D eigenvalue weighted by Crippen LogP contribution is -2.23. The largest absolute Gasteiger partial charge is 0.424 e. The van der Waals surface area contributed by atoms with Gasteiger partial charge in [0.1, 0.15) is 24.7 Å². The number of carbonyl (C=O) groups excluding carboxylic acids is 2. The molecule has 12 heteroatoms. The van der Waals surface area contributed by atoms with Crippen LogP contribution in [0.3, 0.4) is 0 Å². The van der Waals surface area contributed by atoms with Crippen LogP contribution in [0, 0.1) is 5.92 Å². The van der Waals surface area contributed by atoms with Crippen molar-refractivity contribution in [1.29, 1.82) is 0 Å². The van der Waals surface area contributed by atoms with E-state index in [4.69, 9.17) is 47.4 Å². The smallest absolute Gasteiger partial charge is 0.337 e. The minimum absolute atomic E-state index is 0.0927. The molecule has 1 aliphatic rings. The molecule has 12 nitrogen and oxygen atoms in total. The Morgan fingerprint density at radius 3 is 1.56 bits per heavy atom. The van der Waals surface area contributed by atoms with E-state index in [0.29, 0.717) is 89.0 Å². The molecule has 2 atom stereocenters. The Kier molecular flexibility index (Phi) is 24.7. The zero-order valence-electron chi connectivity index (χ0n) is 31.1. The van der Waals surface area contributed by atoms with Crippen LogP contribution >= 0.6 is 0 Å². The number of benzene rings is 1. The number of carbonyl (C=O) groups is 2. The highest BCUT2D eigenvalue weighted by atomic mass is 16.6. The van der Waals surface area contributed by atoms with E-state index in [9.17, 15) is 9.59 Å². The summed E-state index contributed by atoms with van der Waals surface area (Å²) in [5.41, 5.74) is 2.88. The van der Waals surface area contributed by atoms with Crippen molar-refractivity contribution >= 4 is 11.9 Å². The molecule has 0 saturated heterocycles. The second kappa shape index (κ2) is 28.2. The number of allylic oxidation sites excluding steroid dienone is 2. The quantitative estimate of drug-likeness (QED) is 0.0435. The van der Waals surface area contributed by atoms with E-state index in [-0.39, 0.29) is 32.3 Å². The molecule has 0 N–H and O–H groups in total. The van der Waals surface area contributed by atoms with E-state index in [1.54, 1.807) is 14.2 Å². The Labute approximate surface area is 299 Å². The summed E-state index contributed by atoms with van der Waals surface area (Å²) in [6.07, 6.45) is 8.97. The van der Waals surface area contributed by atoms with Gasteiger partial charge in [0.25, 0.3) is 0 Å². The first-order valence-electron chi connectivity index (χ1n) is 18.1. The number of methoxy groups -OCH3 is 2. The van der Waals surface area contributed by atoms with Crippen molar-refractivity contribution in [2.24, 2.45) is 5.92 Å². The Morgan fingerprint density at radius 2 is 1.12 bits per heavy atom. The van der Waals surface area contributed by atoms with Crippen LogP contribution in [0.25, 0.3) is 0 Å². The zero-order chi connectivity index (χ0) is 36.2. The van der Waals surface area contributed by atoms with Gasteiger partial charge in [0.05, 0.1) is 79.3 Å². The highest BCUT2D eigenvalue weighted by molar-refractivity contribution is 5.77. The van der Waals surface area contributed by atoms with E-state index in [1.165, 1.54) is 5.57 Å². The number of aryl methyl sites for hydroxylation is 1. The summed E-state index contributed by atoms with van der Waals surface area (Å²) in [5.74, 6) is -0.0703. The summed E-state index contributed by atoms with van der Waals surface area (Å²) in [6.45, 7) is 10.9. The topological polar surface area (TPSA) is 126 Å². The predicted octanol–water partition coefficient (Wildman–Crippen LogP) is 5.47. The first kappa shape index (κ1) is 43.7. The van der Waals surface area contributed by atoms with Crippen molar-refractivity contribution in [2.45, 2.75) is 71.6 Å². The standard InChI is InChI=1S/C38H62O12/c1-6-8-9-10-31-26-34(49-36(39)28-47-23-21-45-19-17-43-15-13-41-4)38(33-25-30(3)11-12-32(33)7-2)35(27-31)50-37(40)29-48-24-22-46-20-18-44-16-14-42-5/h25-27,32-33H,6-24,28-29H2,1-5H3/t32-,33-/m1/s1. The molecule has 0 unspecified atom stereocenters. The molecule has 286 valence electrons. The van der Waals surface area contributed by atoms with Gasteiger partial charge in [-0.05, 0) is 56.2 Å². The molecule has 0 saturated carbocycles. The number of unbranched alkanes of at least 4 members (excludes halogenated alkanes) is 2. The highest BCUT2D eigenvalue weighted by Gasteiger charge is 2.31. The first-order valence-corrected chi connectivity index (χ1v) is 18.1. The van der Waals surface area contributed by atoms with Crippen LogP contribution in [0.2, 0.25) is 0 Å². The third-order valence-corrected chi connectivity index (χ3v) is 8.21. The Hall–Kier alpha value is -2.42. The van der Waals surface area contributed by atoms with Gasteiger partial charge in [-0.1, -0.05) is 44.8 Å². The minimum atomic E-state index is -0.533. The molecule has 0 bridgehead atoms. The number of esters is 2. The van der Waals surface area contributed by atoms with E-state index < -0.39 is 11.9 Å². The zero-order valence-corrected chi connectivity index (χ0v) is 31.1. The van der Waals surface area contributed by atoms with Crippen molar-refractivity contribution in [1.82, 2.24) is 0 Å². The second-order valence-corrected chi connectivity index (χ2v) is 12.2. The Balaban J connectivity index is 2.12. The predicted molar refractivity (Wildman–Crippen MR) is 189 cm³/mol. The SMILES string of the molecule is CCCCCc1cc(OC(=O)COCCOCCOCCOC)c([C@@H]2C=C(C)CC[C@H]2CC)c(OC(=O)COCCOCCOCCOC)c1. The summed E-state index contributed by atoms with van der Waals surface area (Å²) in [6, 6.07) is 3.84. The lowest BCUT2D eigenvalue weighted by Gasteiger charge is -2.31. The molecule has 0 aliphatic heterocycles. The van der Waals surface area contributed by atoms with Gasteiger partial charge in [0.15, 0.2) is 0 Å². The van der Waals surface area contributed by atoms with Crippen LogP contribution in [0.1, 0.15) is 76.3 Å².